The highest BCUT2D eigenvalue weighted by atomic mass is 16.3. The number of rotatable bonds is 7. The van der Waals surface area contributed by atoms with Crippen LogP contribution in [-0.2, 0) is 5.54 Å². The van der Waals surface area contributed by atoms with E-state index in [1.54, 1.807) is 33.8 Å². The number of benzene rings is 3. The molecular weight excluding hydrogens is 426 g/mol. The highest BCUT2D eigenvalue weighted by Crippen LogP contribution is 2.41. The zero-order valence-electron chi connectivity index (χ0n) is 19.0. The number of fused-ring (bicyclic) bond motifs is 1. The Morgan fingerprint density at radius 1 is 0.971 bits per heavy atom. The summed E-state index contributed by atoms with van der Waals surface area (Å²) in [5, 5.41) is 27.7. The SMILES string of the molecule is CCCCCN1C(=N)C(c2ccc(O)cc2)(c2cccc(-n3nnc4ccccc43)c2)N=C1N. The average molecular weight is 454 g/mol. The van der Waals surface area contributed by atoms with Gasteiger partial charge in [0.25, 0.3) is 0 Å². The Labute approximate surface area is 197 Å². The van der Waals surface area contributed by atoms with Crippen LogP contribution in [0.1, 0.15) is 37.3 Å². The third kappa shape index (κ3) is 3.48. The van der Waals surface area contributed by atoms with E-state index in [-0.39, 0.29) is 5.75 Å². The summed E-state index contributed by atoms with van der Waals surface area (Å²) in [5.41, 5.74) is 9.33. The highest BCUT2D eigenvalue weighted by Gasteiger charge is 2.47. The summed E-state index contributed by atoms with van der Waals surface area (Å²) in [6, 6.07) is 22.4. The summed E-state index contributed by atoms with van der Waals surface area (Å²) < 4.78 is 1.79. The molecule has 4 aromatic rings. The number of nitrogens with one attached hydrogen (secondary N) is 1. The fraction of sp³-hybridized carbons (Fsp3) is 0.231. The van der Waals surface area contributed by atoms with Gasteiger partial charge in [0, 0.05) is 6.54 Å². The number of phenols is 1. The summed E-state index contributed by atoms with van der Waals surface area (Å²) in [6.45, 7) is 2.78. The Hall–Kier alpha value is -4.20. The second-order valence-corrected chi connectivity index (χ2v) is 8.47. The van der Waals surface area contributed by atoms with Crippen molar-refractivity contribution in [2.75, 3.05) is 6.54 Å². The maximum absolute atomic E-state index is 9.89. The number of para-hydroxylation sites is 1. The van der Waals surface area contributed by atoms with Crippen molar-refractivity contribution in [3.05, 3.63) is 83.9 Å². The minimum atomic E-state index is -1.13. The van der Waals surface area contributed by atoms with E-state index in [0.717, 1.165) is 47.1 Å². The lowest BCUT2D eigenvalue weighted by atomic mass is 9.82. The van der Waals surface area contributed by atoms with Crippen LogP contribution >= 0.6 is 0 Å². The summed E-state index contributed by atoms with van der Waals surface area (Å²) in [6.07, 6.45) is 3.05. The van der Waals surface area contributed by atoms with Gasteiger partial charge in [-0.1, -0.05) is 61.4 Å². The number of phenolic OH excluding ortho intramolecular Hbond substituents is 1. The van der Waals surface area contributed by atoms with Crippen LogP contribution in [0, 0.1) is 5.41 Å². The van der Waals surface area contributed by atoms with E-state index in [9.17, 15) is 10.5 Å². The maximum Gasteiger partial charge on any atom is 0.198 e. The Morgan fingerprint density at radius 3 is 2.56 bits per heavy atom. The van der Waals surface area contributed by atoms with Crippen LogP contribution < -0.4 is 5.73 Å². The van der Waals surface area contributed by atoms with Crippen molar-refractivity contribution in [1.82, 2.24) is 19.9 Å². The number of amidine groups is 1. The molecule has 0 aliphatic carbocycles. The average Bonchev–Trinajstić information content (AvgIpc) is 3.40. The van der Waals surface area contributed by atoms with Crippen molar-refractivity contribution >= 4 is 22.8 Å². The lowest BCUT2D eigenvalue weighted by Crippen LogP contribution is -2.43. The van der Waals surface area contributed by atoms with Gasteiger partial charge in [0.2, 0.25) is 0 Å². The van der Waals surface area contributed by atoms with Crippen LogP contribution in [-0.4, -0.2) is 43.3 Å². The van der Waals surface area contributed by atoms with Crippen molar-refractivity contribution in [3.63, 3.8) is 0 Å². The number of hydrogen-bond acceptors (Lipinski definition) is 6. The molecule has 1 atom stereocenters. The number of aromatic hydroxyl groups is 1. The van der Waals surface area contributed by atoms with E-state index in [4.69, 9.17) is 10.7 Å². The zero-order valence-corrected chi connectivity index (χ0v) is 19.0. The van der Waals surface area contributed by atoms with Crippen LogP contribution in [0.4, 0.5) is 0 Å². The van der Waals surface area contributed by atoms with Crippen LogP contribution in [0.15, 0.2) is 77.8 Å². The zero-order chi connectivity index (χ0) is 23.7. The molecule has 0 radical (unpaired) electrons. The molecule has 3 aromatic carbocycles. The molecule has 1 aliphatic rings. The molecule has 0 spiro atoms. The van der Waals surface area contributed by atoms with Crippen LogP contribution in [0.25, 0.3) is 16.7 Å². The van der Waals surface area contributed by atoms with E-state index < -0.39 is 5.54 Å². The van der Waals surface area contributed by atoms with Gasteiger partial charge in [0.1, 0.15) is 17.1 Å². The number of nitrogens with two attached hydrogens (primary N) is 1. The van der Waals surface area contributed by atoms with E-state index in [1.165, 1.54) is 0 Å². The molecule has 0 saturated heterocycles. The fourth-order valence-corrected chi connectivity index (χ4v) is 4.54. The molecular formula is C26H27N7O. The van der Waals surface area contributed by atoms with Crippen LogP contribution in [0.2, 0.25) is 0 Å². The van der Waals surface area contributed by atoms with Gasteiger partial charge in [0.15, 0.2) is 11.5 Å². The second-order valence-electron chi connectivity index (χ2n) is 8.47. The van der Waals surface area contributed by atoms with Gasteiger partial charge in [-0.2, -0.15) is 0 Å². The lowest BCUT2D eigenvalue weighted by molar-refractivity contribution is 0.474. The number of aliphatic imine (C=N–C) groups is 1. The number of hydrogen-bond donors (Lipinski definition) is 3. The number of nitrogens with zero attached hydrogens (tertiary/aromatic N) is 5. The molecule has 8 heteroatoms. The lowest BCUT2D eigenvalue weighted by Gasteiger charge is -2.30. The molecule has 1 unspecified atom stereocenters. The molecule has 34 heavy (non-hydrogen) atoms. The Kier molecular flexibility index (Phi) is 5.49. The first kappa shape index (κ1) is 21.6. The summed E-state index contributed by atoms with van der Waals surface area (Å²) in [4.78, 5) is 6.68. The normalized spacial score (nSPS) is 18.0. The first-order chi connectivity index (χ1) is 16.5. The fourth-order valence-electron chi connectivity index (χ4n) is 4.54. The molecule has 1 aliphatic heterocycles. The highest BCUT2D eigenvalue weighted by molar-refractivity contribution is 6.10. The van der Waals surface area contributed by atoms with Gasteiger partial charge >= 0.3 is 0 Å². The molecule has 4 N–H and O–H groups in total. The van der Waals surface area contributed by atoms with Gasteiger partial charge in [-0.3, -0.25) is 10.3 Å². The van der Waals surface area contributed by atoms with E-state index in [1.807, 2.05) is 48.5 Å². The first-order valence-electron chi connectivity index (χ1n) is 11.5. The molecule has 5 rings (SSSR count). The molecule has 0 fully saturated rings. The van der Waals surface area contributed by atoms with E-state index >= 15 is 0 Å². The smallest absolute Gasteiger partial charge is 0.198 e. The molecule has 0 amide bonds. The third-order valence-corrected chi connectivity index (χ3v) is 6.30. The minimum Gasteiger partial charge on any atom is -0.508 e. The molecule has 0 saturated carbocycles. The summed E-state index contributed by atoms with van der Waals surface area (Å²) in [7, 11) is 0. The van der Waals surface area contributed by atoms with Crippen molar-refractivity contribution in [2.24, 2.45) is 10.7 Å². The standard InChI is InChI=1S/C26H27N7O/c1-2-3-6-16-32-24(27)26(29-25(32)28,18-12-14-21(34)15-13-18)19-8-7-9-20(17-19)33-23-11-5-4-10-22(23)30-31-33/h4-5,7-15,17,27,34H,2-3,6,16H2,1H3,(H2,28,29). The molecule has 0 bridgehead atoms. The van der Waals surface area contributed by atoms with Crippen molar-refractivity contribution in [1.29, 1.82) is 5.41 Å². The molecule has 172 valence electrons. The Bertz CT molecular complexity index is 1380. The topological polar surface area (TPSA) is 116 Å². The Balaban J connectivity index is 1.65. The Morgan fingerprint density at radius 2 is 1.76 bits per heavy atom. The van der Waals surface area contributed by atoms with E-state index in [2.05, 4.69) is 17.2 Å². The monoisotopic (exact) mass is 453 g/mol. The van der Waals surface area contributed by atoms with Crippen molar-refractivity contribution in [2.45, 2.75) is 31.7 Å². The molecule has 1 aromatic heterocycles. The number of aromatic nitrogens is 3. The van der Waals surface area contributed by atoms with Gasteiger partial charge in [-0.25, -0.2) is 9.67 Å². The van der Waals surface area contributed by atoms with Gasteiger partial charge < -0.3 is 10.8 Å². The quantitative estimate of drug-likeness (QED) is 0.363. The van der Waals surface area contributed by atoms with Gasteiger partial charge in [-0.05, 0) is 53.9 Å². The van der Waals surface area contributed by atoms with Crippen LogP contribution in [0.5, 0.6) is 5.75 Å². The van der Waals surface area contributed by atoms with Crippen molar-refractivity contribution < 1.29 is 5.11 Å². The van der Waals surface area contributed by atoms with Crippen molar-refractivity contribution in [3.8, 4) is 11.4 Å². The number of unbranched alkanes of at least 4 members (excludes halogenated alkanes) is 2. The third-order valence-electron chi connectivity index (χ3n) is 6.30. The minimum absolute atomic E-state index is 0.156. The molecule has 8 nitrogen and oxygen atoms in total. The van der Waals surface area contributed by atoms with Gasteiger partial charge in [-0.15, -0.1) is 5.10 Å². The van der Waals surface area contributed by atoms with Gasteiger partial charge in [0.05, 0.1) is 11.2 Å². The molecule has 2 heterocycles. The maximum atomic E-state index is 9.89. The number of guanidine groups is 1. The van der Waals surface area contributed by atoms with Crippen LogP contribution in [0.3, 0.4) is 0 Å². The van der Waals surface area contributed by atoms with E-state index in [0.29, 0.717) is 18.3 Å². The first-order valence-corrected chi connectivity index (χ1v) is 11.5. The summed E-state index contributed by atoms with van der Waals surface area (Å²) in [5.74, 6) is 0.779. The predicted octanol–water partition coefficient (Wildman–Crippen LogP) is 4.17. The second kappa shape index (κ2) is 8.62. The predicted molar refractivity (Wildman–Crippen MR) is 133 cm³/mol. The largest absolute Gasteiger partial charge is 0.508 e. The summed E-state index contributed by atoms with van der Waals surface area (Å²) >= 11 is 0.